The van der Waals surface area contributed by atoms with Crippen molar-refractivity contribution in [3.05, 3.63) is 27.1 Å². The molecule has 1 N–H and O–H groups in total. The van der Waals surface area contributed by atoms with Crippen LogP contribution in [0.25, 0.3) is 0 Å². The highest BCUT2D eigenvalue weighted by molar-refractivity contribution is 7.15. The lowest BCUT2D eigenvalue weighted by atomic mass is 10.1. The van der Waals surface area contributed by atoms with Gasteiger partial charge in [0.05, 0.1) is 4.92 Å². The van der Waals surface area contributed by atoms with Gasteiger partial charge in [-0.3, -0.25) is 15.0 Å². The van der Waals surface area contributed by atoms with Crippen LogP contribution in [0.2, 0.25) is 0 Å². The molecule has 1 atom stereocenters. The summed E-state index contributed by atoms with van der Waals surface area (Å²) >= 11 is 1.29. The number of likely N-dealkylation sites (tertiary alicyclic amines) is 1. The largest absolute Gasteiger partial charge is 0.324 e. The van der Waals surface area contributed by atoms with E-state index in [0.717, 1.165) is 37.0 Å². The second-order valence-corrected chi connectivity index (χ2v) is 5.59. The highest BCUT2D eigenvalue weighted by Crippen LogP contribution is 2.26. The minimum atomic E-state index is -0.318. The Hall–Kier alpha value is -0.980. The van der Waals surface area contributed by atoms with Crippen molar-refractivity contribution in [2.24, 2.45) is 5.92 Å². The lowest BCUT2D eigenvalue weighted by Crippen LogP contribution is -2.24. The first-order chi connectivity index (χ1) is 8.19. The fourth-order valence-corrected chi connectivity index (χ4v) is 3.14. The minimum absolute atomic E-state index is 0.242. The Kier molecular flexibility index (Phi) is 4.09. The average molecular weight is 255 g/mol. The number of nitrogens with zero attached hydrogens (tertiary/aromatic N) is 2. The van der Waals surface area contributed by atoms with Crippen molar-refractivity contribution < 1.29 is 4.92 Å². The number of rotatable bonds is 5. The maximum absolute atomic E-state index is 10.6. The average Bonchev–Trinajstić information content (AvgIpc) is 2.89. The first-order valence-electron chi connectivity index (χ1n) is 5.79. The lowest BCUT2D eigenvalue weighted by Gasteiger charge is -2.14. The molecule has 0 amide bonds. The van der Waals surface area contributed by atoms with Gasteiger partial charge in [-0.15, -0.1) is 0 Å². The van der Waals surface area contributed by atoms with Crippen LogP contribution in [0.1, 0.15) is 11.3 Å². The van der Waals surface area contributed by atoms with Crippen LogP contribution in [0.3, 0.4) is 0 Å². The van der Waals surface area contributed by atoms with Crippen LogP contribution in [-0.4, -0.2) is 36.5 Å². The maximum atomic E-state index is 10.6. The number of nitro groups is 1. The zero-order valence-corrected chi connectivity index (χ0v) is 10.7. The van der Waals surface area contributed by atoms with Gasteiger partial charge < -0.3 is 5.32 Å². The SMILES string of the molecule is CNCC1CCN(Cc2ccc([N+](=O)[O-])s2)C1. The number of hydrogen-bond donors (Lipinski definition) is 1. The molecule has 0 aliphatic carbocycles. The van der Waals surface area contributed by atoms with Gasteiger partial charge in [0.15, 0.2) is 0 Å². The van der Waals surface area contributed by atoms with Gasteiger partial charge in [-0.05, 0) is 38.5 Å². The Bertz CT molecular complexity index is 394. The first kappa shape index (κ1) is 12.5. The van der Waals surface area contributed by atoms with Crippen LogP contribution in [0, 0.1) is 16.0 Å². The molecule has 2 heterocycles. The van der Waals surface area contributed by atoms with Crippen LogP contribution in [-0.2, 0) is 6.54 Å². The van der Waals surface area contributed by atoms with Crippen LogP contribution in [0.15, 0.2) is 12.1 Å². The highest BCUT2D eigenvalue weighted by atomic mass is 32.1. The number of thiophene rings is 1. The Morgan fingerprint density at radius 3 is 3.12 bits per heavy atom. The quantitative estimate of drug-likeness (QED) is 0.642. The van der Waals surface area contributed by atoms with Crippen molar-refractivity contribution in [3.8, 4) is 0 Å². The zero-order valence-electron chi connectivity index (χ0n) is 9.89. The monoisotopic (exact) mass is 255 g/mol. The third-order valence-corrected chi connectivity index (χ3v) is 4.09. The van der Waals surface area contributed by atoms with E-state index in [2.05, 4.69) is 10.2 Å². The molecule has 0 bridgehead atoms. The van der Waals surface area contributed by atoms with Crippen LogP contribution < -0.4 is 5.32 Å². The summed E-state index contributed by atoms with van der Waals surface area (Å²) in [6, 6.07) is 3.47. The molecule has 94 valence electrons. The van der Waals surface area contributed by atoms with Gasteiger partial charge in [-0.2, -0.15) is 0 Å². The Morgan fingerprint density at radius 1 is 1.65 bits per heavy atom. The van der Waals surface area contributed by atoms with Crippen molar-refractivity contribution in [3.63, 3.8) is 0 Å². The summed E-state index contributed by atoms with van der Waals surface area (Å²) in [7, 11) is 1.98. The van der Waals surface area contributed by atoms with E-state index in [1.165, 1.54) is 17.8 Å². The molecule has 1 aliphatic rings. The zero-order chi connectivity index (χ0) is 12.3. The molecule has 0 aromatic carbocycles. The van der Waals surface area contributed by atoms with Crippen LogP contribution >= 0.6 is 11.3 Å². The summed E-state index contributed by atoms with van der Waals surface area (Å²) in [5.74, 6) is 0.718. The van der Waals surface area contributed by atoms with E-state index in [0.29, 0.717) is 0 Å². The fraction of sp³-hybridized carbons (Fsp3) is 0.636. The summed E-state index contributed by atoms with van der Waals surface area (Å²) in [5, 5.41) is 14.0. The second-order valence-electron chi connectivity index (χ2n) is 4.44. The highest BCUT2D eigenvalue weighted by Gasteiger charge is 2.22. The van der Waals surface area contributed by atoms with E-state index in [4.69, 9.17) is 0 Å². The molecule has 0 radical (unpaired) electrons. The van der Waals surface area contributed by atoms with Gasteiger partial charge in [0.2, 0.25) is 0 Å². The van der Waals surface area contributed by atoms with Crippen molar-refractivity contribution in [2.75, 3.05) is 26.7 Å². The second kappa shape index (κ2) is 5.57. The summed E-state index contributed by atoms with van der Waals surface area (Å²) in [6.07, 6.45) is 1.22. The predicted molar refractivity (Wildman–Crippen MR) is 68.3 cm³/mol. The first-order valence-corrected chi connectivity index (χ1v) is 6.60. The van der Waals surface area contributed by atoms with Gasteiger partial charge in [0, 0.05) is 24.0 Å². The van der Waals surface area contributed by atoms with Gasteiger partial charge in [-0.1, -0.05) is 11.3 Å². The minimum Gasteiger partial charge on any atom is -0.319 e. The third kappa shape index (κ3) is 3.24. The maximum Gasteiger partial charge on any atom is 0.324 e. The van der Waals surface area contributed by atoms with Crippen molar-refractivity contribution in [1.29, 1.82) is 0 Å². The Labute approximate surface area is 105 Å². The molecule has 6 heteroatoms. The number of nitrogens with one attached hydrogen (secondary N) is 1. The molecule has 0 saturated carbocycles. The van der Waals surface area contributed by atoms with Gasteiger partial charge >= 0.3 is 5.00 Å². The topological polar surface area (TPSA) is 58.4 Å². The molecule has 1 aromatic rings. The Balaban J connectivity index is 1.87. The summed E-state index contributed by atoms with van der Waals surface area (Å²) in [4.78, 5) is 13.7. The summed E-state index contributed by atoms with van der Waals surface area (Å²) < 4.78 is 0. The van der Waals surface area contributed by atoms with E-state index in [1.54, 1.807) is 6.07 Å². The molecule has 1 aromatic heterocycles. The Morgan fingerprint density at radius 2 is 2.47 bits per heavy atom. The van der Waals surface area contributed by atoms with E-state index in [-0.39, 0.29) is 9.92 Å². The molecule has 1 saturated heterocycles. The van der Waals surface area contributed by atoms with Crippen LogP contribution in [0.5, 0.6) is 0 Å². The summed E-state index contributed by atoms with van der Waals surface area (Å²) in [6.45, 7) is 4.09. The molecule has 0 spiro atoms. The molecule has 1 unspecified atom stereocenters. The normalized spacial score (nSPS) is 20.9. The van der Waals surface area contributed by atoms with Gasteiger partial charge in [-0.25, -0.2) is 0 Å². The van der Waals surface area contributed by atoms with Crippen molar-refractivity contribution in [2.45, 2.75) is 13.0 Å². The third-order valence-electron chi connectivity index (χ3n) is 3.07. The fourth-order valence-electron chi connectivity index (χ4n) is 2.28. The standard InChI is InChI=1S/C11H17N3O2S/c1-12-6-9-4-5-13(7-9)8-10-2-3-11(17-10)14(15)16/h2-3,9,12H,4-8H2,1H3. The molecule has 17 heavy (non-hydrogen) atoms. The van der Waals surface area contributed by atoms with Gasteiger partial charge in [0.25, 0.3) is 0 Å². The number of hydrogen-bond acceptors (Lipinski definition) is 5. The van der Waals surface area contributed by atoms with Crippen molar-refractivity contribution in [1.82, 2.24) is 10.2 Å². The predicted octanol–water partition coefficient (Wildman–Crippen LogP) is 1.70. The molecular weight excluding hydrogens is 238 g/mol. The molecular formula is C11H17N3O2S. The smallest absolute Gasteiger partial charge is 0.319 e. The molecule has 1 fully saturated rings. The summed E-state index contributed by atoms with van der Waals surface area (Å²) in [5.41, 5.74) is 0. The van der Waals surface area contributed by atoms with Gasteiger partial charge in [0.1, 0.15) is 0 Å². The molecule has 5 nitrogen and oxygen atoms in total. The van der Waals surface area contributed by atoms with Crippen molar-refractivity contribution >= 4 is 16.3 Å². The van der Waals surface area contributed by atoms with E-state index >= 15 is 0 Å². The lowest BCUT2D eigenvalue weighted by molar-refractivity contribution is -0.380. The van der Waals surface area contributed by atoms with E-state index in [9.17, 15) is 10.1 Å². The van der Waals surface area contributed by atoms with Crippen LogP contribution in [0.4, 0.5) is 5.00 Å². The molecule has 1 aliphatic heterocycles. The van der Waals surface area contributed by atoms with E-state index in [1.807, 2.05) is 13.1 Å². The molecule has 2 rings (SSSR count). The van der Waals surface area contributed by atoms with E-state index < -0.39 is 0 Å².